The number of hydrogen-bond donors (Lipinski definition) is 2. The van der Waals surface area contributed by atoms with Crippen molar-refractivity contribution >= 4 is 51.4 Å². The highest BCUT2D eigenvalue weighted by Gasteiger charge is 2.08. The van der Waals surface area contributed by atoms with Crippen LogP contribution in [0.4, 0.5) is 11.4 Å². The average Bonchev–Trinajstić information content (AvgIpc) is 3.08. The van der Waals surface area contributed by atoms with Gasteiger partial charge in [-0.15, -0.1) is 0 Å². The van der Waals surface area contributed by atoms with Crippen molar-refractivity contribution in [2.75, 3.05) is 10.6 Å². The highest BCUT2D eigenvalue weighted by Crippen LogP contribution is 2.25. The second-order valence-corrected chi connectivity index (χ2v) is 6.49. The summed E-state index contributed by atoms with van der Waals surface area (Å²) >= 11 is 11.2. The summed E-state index contributed by atoms with van der Waals surface area (Å²) in [6.45, 7) is 0. The molecule has 0 radical (unpaired) electrons. The number of oxazole rings is 1. The molecule has 2 N–H and O–H groups in total. The summed E-state index contributed by atoms with van der Waals surface area (Å²) in [4.78, 5) is 4.50. The van der Waals surface area contributed by atoms with Crippen LogP contribution in [0.25, 0.3) is 22.6 Å². The second-order valence-electron chi connectivity index (χ2n) is 5.65. The molecule has 4 rings (SSSR count). The van der Waals surface area contributed by atoms with Gasteiger partial charge in [-0.3, -0.25) is 0 Å². The van der Waals surface area contributed by atoms with Crippen LogP contribution < -0.4 is 10.6 Å². The van der Waals surface area contributed by atoms with E-state index in [0.717, 1.165) is 28.0 Å². The number of hydrogen-bond acceptors (Lipinski definition) is 3. The zero-order valence-corrected chi connectivity index (χ0v) is 15.1. The highest BCUT2D eigenvalue weighted by molar-refractivity contribution is 7.80. The summed E-state index contributed by atoms with van der Waals surface area (Å²) in [6, 6.07) is 22.8. The Bertz CT molecular complexity index is 1030. The maximum absolute atomic E-state index is 5.88. The van der Waals surface area contributed by atoms with Gasteiger partial charge in [-0.25, -0.2) is 4.98 Å². The molecule has 0 saturated carbocycles. The molecule has 0 amide bonds. The first kappa shape index (κ1) is 16.6. The van der Waals surface area contributed by atoms with Gasteiger partial charge < -0.3 is 15.1 Å². The lowest BCUT2D eigenvalue weighted by atomic mass is 10.2. The maximum atomic E-state index is 5.88. The van der Waals surface area contributed by atoms with Gasteiger partial charge >= 0.3 is 0 Å². The van der Waals surface area contributed by atoms with E-state index in [-0.39, 0.29) is 0 Å². The Hall–Kier alpha value is -2.89. The largest absolute Gasteiger partial charge is 0.436 e. The molecule has 0 bridgehead atoms. The van der Waals surface area contributed by atoms with Crippen molar-refractivity contribution in [3.8, 4) is 11.5 Å². The van der Waals surface area contributed by atoms with E-state index in [9.17, 15) is 0 Å². The van der Waals surface area contributed by atoms with Crippen molar-refractivity contribution in [3.05, 3.63) is 77.8 Å². The Balaban J connectivity index is 1.45. The van der Waals surface area contributed by atoms with Gasteiger partial charge in [0.05, 0.1) is 0 Å². The number of para-hydroxylation sites is 2. The SMILES string of the molecule is S=C(Nc1ccc(Cl)cc1)Nc1ccc(-c2nc3ccccc3o2)cc1. The molecule has 1 heterocycles. The van der Waals surface area contributed by atoms with Crippen molar-refractivity contribution in [3.63, 3.8) is 0 Å². The molecule has 6 heteroatoms. The number of halogens is 1. The molecule has 26 heavy (non-hydrogen) atoms. The smallest absolute Gasteiger partial charge is 0.227 e. The van der Waals surface area contributed by atoms with Crippen LogP contribution in [-0.2, 0) is 0 Å². The van der Waals surface area contributed by atoms with Gasteiger partial charge in [0.2, 0.25) is 5.89 Å². The molecule has 3 aromatic carbocycles. The fourth-order valence-electron chi connectivity index (χ4n) is 2.52. The van der Waals surface area contributed by atoms with Crippen LogP contribution in [0.15, 0.2) is 77.2 Å². The van der Waals surface area contributed by atoms with Crippen LogP contribution in [0.1, 0.15) is 0 Å². The molecular weight excluding hydrogens is 366 g/mol. The molecule has 0 spiro atoms. The number of rotatable bonds is 3. The molecule has 0 aliphatic carbocycles. The van der Waals surface area contributed by atoms with Crippen LogP contribution in [0.2, 0.25) is 5.02 Å². The minimum Gasteiger partial charge on any atom is -0.436 e. The summed E-state index contributed by atoms with van der Waals surface area (Å²) in [5.74, 6) is 0.597. The minimum absolute atomic E-state index is 0.502. The van der Waals surface area contributed by atoms with Crippen molar-refractivity contribution in [2.24, 2.45) is 0 Å². The third-order valence-electron chi connectivity index (χ3n) is 3.79. The monoisotopic (exact) mass is 379 g/mol. The van der Waals surface area contributed by atoms with E-state index < -0.39 is 0 Å². The number of benzene rings is 3. The minimum atomic E-state index is 0.502. The predicted octanol–water partition coefficient (Wildman–Crippen LogP) is 5.96. The van der Waals surface area contributed by atoms with E-state index in [2.05, 4.69) is 15.6 Å². The molecular formula is C20H14ClN3OS. The lowest BCUT2D eigenvalue weighted by molar-refractivity contribution is 0.620. The normalized spacial score (nSPS) is 10.7. The van der Waals surface area contributed by atoms with E-state index in [1.54, 1.807) is 0 Å². The Morgan fingerprint density at radius 3 is 2.12 bits per heavy atom. The second kappa shape index (κ2) is 7.15. The van der Waals surface area contributed by atoms with E-state index in [1.165, 1.54) is 0 Å². The first-order valence-electron chi connectivity index (χ1n) is 7.97. The van der Waals surface area contributed by atoms with Crippen LogP contribution in [0.3, 0.4) is 0 Å². The van der Waals surface area contributed by atoms with Gasteiger partial charge in [0.1, 0.15) is 5.52 Å². The molecule has 4 nitrogen and oxygen atoms in total. The van der Waals surface area contributed by atoms with Crippen LogP contribution in [0.5, 0.6) is 0 Å². The summed E-state index contributed by atoms with van der Waals surface area (Å²) < 4.78 is 5.78. The van der Waals surface area contributed by atoms with E-state index in [4.69, 9.17) is 28.2 Å². The van der Waals surface area contributed by atoms with Crippen LogP contribution in [-0.4, -0.2) is 10.1 Å². The number of fused-ring (bicyclic) bond motifs is 1. The summed E-state index contributed by atoms with van der Waals surface area (Å²) in [5.41, 5.74) is 4.27. The Morgan fingerprint density at radius 2 is 1.46 bits per heavy atom. The van der Waals surface area contributed by atoms with Gasteiger partial charge in [-0.05, 0) is 72.9 Å². The third-order valence-corrected chi connectivity index (χ3v) is 4.24. The zero-order valence-electron chi connectivity index (χ0n) is 13.6. The van der Waals surface area contributed by atoms with Crippen molar-refractivity contribution in [1.82, 2.24) is 4.98 Å². The lowest BCUT2D eigenvalue weighted by Gasteiger charge is -2.10. The molecule has 0 aliphatic rings. The highest BCUT2D eigenvalue weighted by atomic mass is 35.5. The predicted molar refractivity (Wildman–Crippen MR) is 111 cm³/mol. The fourth-order valence-corrected chi connectivity index (χ4v) is 2.88. The molecule has 0 atom stereocenters. The molecule has 0 fully saturated rings. The van der Waals surface area contributed by atoms with Gasteiger partial charge in [0, 0.05) is 22.0 Å². The number of aromatic nitrogens is 1. The fraction of sp³-hybridized carbons (Fsp3) is 0. The third kappa shape index (κ3) is 3.69. The molecule has 0 saturated heterocycles. The number of nitrogens with one attached hydrogen (secondary N) is 2. The molecule has 1 aromatic heterocycles. The topological polar surface area (TPSA) is 50.1 Å². The summed E-state index contributed by atoms with van der Waals surface area (Å²) in [6.07, 6.45) is 0. The Morgan fingerprint density at radius 1 is 0.846 bits per heavy atom. The Kier molecular flexibility index (Phi) is 4.56. The van der Waals surface area contributed by atoms with Gasteiger partial charge in [0.15, 0.2) is 10.7 Å². The molecule has 0 unspecified atom stereocenters. The van der Waals surface area contributed by atoms with Gasteiger partial charge in [-0.1, -0.05) is 23.7 Å². The van der Waals surface area contributed by atoms with Crippen LogP contribution >= 0.6 is 23.8 Å². The van der Waals surface area contributed by atoms with E-state index in [1.807, 2.05) is 72.8 Å². The van der Waals surface area contributed by atoms with Gasteiger partial charge in [0.25, 0.3) is 0 Å². The van der Waals surface area contributed by atoms with Crippen molar-refractivity contribution in [1.29, 1.82) is 0 Å². The van der Waals surface area contributed by atoms with E-state index in [0.29, 0.717) is 16.0 Å². The average molecular weight is 380 g/mol. The van der Waals surface area contributed by atoms with Gasteiger partial charge in [-0.2, -0.15) is 0 Å². The number of anilines is 2. The van der Waals surface area contributed by atoms with Crippen molar-refractivity contribution < 1.29 is 4.42 Å². The number of nitrogens with zero attached hydrogens (tertiary/aromatic N) is 1. The molecule has 4 aromatic rings. The molecule has 0 aliphatic heterocycles. The summed E-state index contributed by atoms with van der Waals surface area (Å²) in [7, 11) is 0. The Labute approximate surface area is 160 Å². The zero-order chi connectivity index (χ0) is 17.9. The number of thiocarbonyl (C=S) groups is 1. The van der Waals surface area contributed by atoms with Crippen molar-refractivity contribution in [2.45, 2.75) is 0 Å². The quantitative estimate of drug-likeness (QED) is 0.430. The standard InChI is InChI=1S/C20H14ClN3OS/c21-14-7-11-16(12-8-14)23-20(26)22-15-9-5-13(6-10-15)19-24-17-3-1-2-4-18(17)25-19/h1-12H,(H2,22,23,26). The first-order valence-corrected chi connectivity index (χ1v) is 8.75. The van der Waals surface area contributed by atoms with Crippen LogP contribution in [0, 0.1) is 0 Å². The maximum Gasteiger partial charge on any atom is 0.227 e. The first-order chi connectivity index (χ1) is 12.7. The lowest BCUT2D eigenvalue weighted by Crippen LogP contribution is -2.18. The summed E-state index contributed by atoms with van der Waals surface area (Å²) in [5, 5.41) is 7.45. The molecule has 128 valence electrons. The van der Waals surface area contributed by atoms with E-state index >= 15 is 0 Å².